The van der Waals surface area contributed by atoms with E-state index in [1.807, 2.05) is 30.3 Å². The lowest BCUT2D eigenvalue weighted by Gasteiger charge is -2.14. The van der Waals surface area contributed by atoms with Crippen molar-refractivity contribution in [1.82, 2.24) is 5.32 Å². The normalized spacial score (nSPS) is 11.0. The molecule has 0 aliphatic rings. The summed E-state index contributed by atoms with van der Waals surface area (Å²) >= 11 is 6.11. The van der Waals surface area contributed by atoms with Gasteiger partial charge >= 0.3 is 0 Å². The largest absolute Gasteiger partial charge is 0.457 e. The highest BCUT2D eigenvalue weighted by atomic mass is 35.5. The summed E-state index contributed by atoms with van der Waals surface area (Å²) < 4.78 is 6.06. The van der Waals surface area contributed by atoms with E-state index in [0.29, 0.717) is 11.1 Å². The molecule has 0 saturated carbocycles. The summed E-state index contributed by atoms with van der Waals surface area (Å²) in [6, 6.07) is 12.4. The minimum absolute atomic E-state index is 0.426. The van der Waals surface area contributed by atoms with Crippen LogP contribution in [0.4, 0.5) is 0 Å². The van der Waals surface area contributed by atoms with E-state index < -0.39 is 0 Å². The summed E-state index contributed by atoms with van der Waals surface area (Å²) in [4.78, 5) is 0. The van der Waals surface area contributed by atoms with Crippen molar-refractivity contribution >= 4 is 11.6 Å². The van der Waals surface area contributed by atoms with E-state index in [9.17, 15) is 0 Å². The van der Waals surface area contributed by atoms with E-state index in [1.165, 1.54) is 11.1 Å². The lowest BCUT2D eigenvalue weighted by atomic mass is 10.1. The molecule has 0 saturated heterocycles. The third kappa shape index (κ3) is 4.76. The fourth-order valence-electron chi connectivity index (χ4n) is 2.20. The van der Waals surface area contributed by atoms with Crippen LogP contribution in [-0.2, 0) is 6.54 Å². The number of hydrogen-bond acceptors (Lipinski definition) is 2. The predicted octanol–water partition coefficient (Wildman–Crippen LogP) is 5.25. The number of nitrogens with one attached hydrogen (secondary N) is 1. The summed E-state index contributed by atoms with van der Waals surface area (Å²) in [6.45, 7) is 9.15. The van der Waals surface area contributed by atoms with Gasteiger partial charge in [0.15, 0.2) is 0 Å². The molecule has 0 aromatic heterocycles. The fraction of sp³-hybridized carbons (Fsp3) is 0.333. The Morgan fingerprint density at radius 3 is 2.33 bits per heavy atom. The first-order valence-electron chi connectivity index (χ1n) is 7.22. The van der Waals surface area contributed by atoms with Crippen molar-refractivity contribution < 1.29 is 4.74 Å². The maximum absolute atomic E-state index is 6.11. The molecule has 2 nitrogen and oxygen atoms in total. The summed E-state index contributed by atoms with van der Waals surface area (Å²) in [5.74, 6) is 1.65. The van der Waals surface area contributed by atoms with E-state index in [0.717, 1.165) is 23.6 Å². The lowest BCUT2D eigenvalue weighted by Crippen LogP contribution is -2.22. The van der Waals surface area contributed by atoms with Crippen molar-refractivity contribution in [2.75, 3.05) is 0 Å². The SMILES string of the molecule is Cc1cc(C)cc(Oc2cc(Cl)ccc2CNC(C)C)c1. The highest BCUT2D eigenvalue weighted by Crippen LogP contribution is 2.29. The van der Waals surface area contributed by atoms with Crippen molar-refractivity contribution in [3.05, 3.63) is 58.1 Å². The van der Waals surface area contributed by atoms with Gasteiger partial charge in [0.1, 0.15) is 11.5 Å². The van der Waals surface area contributed by atoms with Gasteiger partial charge in [-0.05, 0) is 49.2 Å². The zero-order chi connectivity index (χ0) is 15.4. The molecule has 1 N–H and O–H groups in total. The highest BCUT2D eigenvalue weighted by molar-refractivity contribution is 6.30. The van der Waals surface area contributed by atoms with E-state index in [2.05, 4.69) is 39.1 Å². The van der Waals surface area contributed by atoms with E-state index >= 15 is 0 Å². The first-order valence-corrected chi connectivity index (χ1v) is 7.60. The van der Waals surface area contributed by atoms with Crippen LogP contribution < -0.4 is 10.1 Å². The maximum Gasteiger partial charge on any atom is 0.133 e. The van der Waals surface area contributed by atoms with E-state index in [4.69, 9.17) is 16.3 Å². The van der Waals surface area contributed by atoms with Crippen LogP contribution in [0.25, 0.3) is 0 Å². The Morgan fingerprint density at radius 2 is 1.71 bits per heavy atom. The van der Waals surface area contributed by atoms with Gasteiger partial charge in [-0.1, -0.05) is 37.6 Å². The average Bonchev–Trinajstić information content (AvgIpc) is 2.36. The standard InChI is InChI=1S/C18H22ClNO/c1-12(2)20-11-15-5-6-16(19)10-18(15)21-17-8-13(3)7-14(4)9-17/h5-10,12,20H,11H2,1-4H3. The summed E-state index contributed by atoms with van der Waals surface area (Å²) in [5.41, 5.74) is 3.48. The number of ether oxygens (including phenoxy) is 1. The molecule has 112 valence electrons. The molecule has 3 heteroatoms. The van der Waals surface area contributed by atoms with Gasteiger partial charge in [0.2, 0.25) is 0 Å². The van der Waals surface area contributed by atoms with Gasteiger partial charge in [-0.3, -0.25) is 0 Å². The second-order valence-corrected chi connectivity index (χ2v) is 6.15. The molecule has 0 unspecified atom stereocenters. The topological polar surface area (TPSA) is 21.3 Å². The number of hydrogen-bond donors (Lipinski definition) is 1. The first kappa shape index (κ1) is 15.9. The molecular weight excluding hydrogens is 282 g/mol. The van der Waals surface area contributed by atoms with Crippen LogP contribution in [0.3, 0.4) is 0 Å². The van der Waals surface area contributed by atoms with Crippen molar-refractivity contribution in [3.8, 4) is 11.5 Å². The molecule has 0 radical (unpaired) electrons. The predicted molar refractivity (Wildman–Crippen MR) is 89.4 cm³/mol. The first-order chi connectivity index (χ1) is 9.94. The van der Waals surface area contributed by atoms with Crippen molar-refractivity contribution in [3.63, 3.8) is 0 Å². The van der Waals surface area contributed by atoms with Crippen molar-refractivity contribution in [2.45, 2.75) is 40.3 Å². The molecule has 2 rings (SSSR count). The number of rotatable bonds is 5. The van der Waals surface area contributed by atoms with Crippen molar-refractivity contribution in [2.24, 2.45) is 0 Å². The van der Waals surface area contributed by atoms with Crippen LogP contribution in [0.2, 0.25) is 5.02 Å². The Hall–Kier alpha value is -1.51. The third-order valence-corrected chi connectivity index (χ3v) is 3.39. The Morgan fingerprint density at radius 1 is 1.05 bits per heavy atom. The third-order valence-electron chi connectivity index (χ3n) is 3.15. The van der Waals surface area contributed by atoms with Gasteiger partial charge < -0.3 is 10.1 Å². The fourth-order valence-corrected chi connectivity index (χ4v) is 2.36. The van der Waals surface area contributed by atoms with Crippen LogP contribution in [0.5, 0.6) is 11.5 Å². The van der Waals surface area contributed by atoms with Gasteiger partial charge in [-0.25, -0.2) is 0 Å². The Kier molecular flexibility index (Phi) is 5.27. The minimum atomic E-state index is 0.426. The average molecular weight is 304 g/mol. The molecule has 0 bridgehead atoms. The second kappa shape index (κ2) is 6.97. The van der Waals surface area contributed by atoms with Crippen LogP contribution in [-0.4, -0.2) is 6.04 Å². The van der Waals surface area contributed by atoms with Gasteiger partial charge in [-0.15, -0.1) is 0 Å². The molecule has 2 aromatic rings. The molecule has 0 spiro atoms. The minimum Gasteiger partial charge on any atom is -0.457 e. The Labute approximate surface area is 132 Å². The Balaban J connectivity index is 2.26. The Bertz CT molecular complexity index is 602. The lowest BCUT2D eigenvalue weighted by molar-refractivity contribution is 0.469. The molecule has 0 amide bonds. The van der Waals surface area contributed by atoms with E-state index in [-0.39, 0.29) is 0 Å². The molecule has 0 atom stereocenters. The molecule has 0 aliphatic heterocycles. The van der Waals surface area contributed by atoms with Crippen molar-refractivity contribution in [1.29, 1.82) is 0 Å². The van der Waals surface area contributed by atoms with Crippen LogP contribution in [0.15, 0.2) is 36.4 Å². The second-order valence-electron chi connectivity index (χ2n) is 5.71. The van der Waals surface area contributed by atoms with Gasteiger partial charge in [0.05, 0.1) is 0 Å². The molecular formula is C18H22ClNO. The van der Waals surface area contributed by atoms with Crippen LogP contribution >= 0.6 is 11.6 Å². The quantitative estimate of drug-likeness (QED) is 0.815. The number of benzene rings is 2. The van der Waals surface area contributed by atoms with Gasteiger partial charge in [0, 0.05) is 23.2 Å². The smallest absolute Gasteiger partial charge is 0.133 e. The molecule has 0 heterocycles. The summed E-state index contributed by atoms with van der Waals surface area (Å²) in [5, 5.41) is 4.09. The monoisotopic (exact) mass is 303 g/mol. The zero-order valence-electron chi connectivity index (χ0n) is 13.0. The zero-order valence-corrected chi connectivity index (χ0v) is 13.8. The molecule has 21 heavy (non-hydrogen) atoms. The van der Waals surface area contributed by atoms with Gasteiger partial charge in [0.25, 0.3) is 0 Å². The summed E-state index contributed by atoms with van der Waals surface area (Å²) in [7, 11) is 0. The van der Waals surface area contributed by atoms with Crippen LogP contribution in [0.1, 0.15) is 30.5 Å². The number of halogens is 1. The summed E-state index contributed by atoms with van der Waals surface area (Å²) in [6.07, 6.45) is 0. The number of aryl methyl sites for hydroxylation is 2. The van der Waals surface area contributed by atoms with Gasteiger partial charge in [-0.2, -0.15) is 0 Å². The molecule has 0 aliphatic carbocycles. The van der Waals surface area contributed by atoms with E-state index in [1.54, 1.807) is 0 Å². The highest BCUT2D eigenvalue weighted by Gasteiger charge is 2.08. The molecule has 2 aromatic carbocycles. The molecule has 0 fully saturated rings. The van der Waals surface area contributed by atoms with Crippen LogP contribution in [0, 0.1) is 13.8 Å². The maximum atomic E-state index is 6.11.